The van der Waals surface area contributed by atoms with Crippen LogP contribution in [0.2, 0.25) is 0 Å². The average Bonchev–Trinajstić information content (AvgIpc) is 3.26. The second-order valence-electron chi connectivity index (χ2n) is 13.3. The van der Waals surface area contributed by atoms with E-state index in [4.69, 9.17) is 9.47 Å². The van der Waals surface area contributed by atoms with Gasteiger partial charge in [-0.3, -0.25) is 4.79 Å². The number of fused-ring (bicyclic) bond motifs is 3. The van der Waals surface area contributed by atoms with Crippen molar-refractivity contribution in [1.29, 1.82) is 0 Å². The summed E-state index contributed by atoms with van der Waals surface area (Å²) in [6.45, 7) is 5.90. The molecule has 2 atom stereocenters. The monoisotopic (exact) mass is 625 g/mol. The van der Waals surface area contributed by atoms with Gasteiger partial charge in [-0.15, -0.1) is 0 Å². The van der Waals surface area contributed by atoms with Crippen molar-refractivity contribution in [2.75, 3.05) is 43.6 Å². The van der Waals surface area contributed by atoms with E-state index in [1.165, 1.54) is 25.3 Å². The fourth-order valence-corrected chi connectivity index (χ4v) is 7.33. The Morgan fingerprint density at radius 3 is 2.56 bits per heavy atom. The third-order valence-electron chi connectivity index (χ3n) is 9.50. The highest BCUT2D eigenvalue weighted by molar-refractivity contribution is 5.78. The van der Waals surface area contributed by atoms with Gasteiger partial charge in [0, 0.05) is 38.8 Å². The quantitative estimate of drug-likeness (QED) is 0.276. The molecule has 6 nitrogen and oxygen atoms in total. The fourth-order valence-electron chi connectivity index (χ4n) is 7.33. The van der Waals surface area contributed by atoms with E-state index in [1.54, 1.807) is 18.2 Å². The number of hydrogen-bond acceptors (Lipinski definition) is 5. The van der Waals surface area contributed by atoms with Crippen LogP contribution in [0.15, 0.2) is 48.5 Å². The van der Waals surface area contributed by atoms with E-state index < -0.39 is 23.3 Å². The number of nitrogens with one attached hydrogen (secondary N) is 2. The molecule has 0 saturated carbocycles. The third kappa shape index (κ3) is 6.48. The molecule has 0 radical (unpaired) electrons. The number of hydrogen-bond donors (Lipinski definition) is 2. The van der Waals surface area contributed by atoms with E-state index in [9.17, 15) is 18.0 Å². The van der Waals surface area contributed by atoms with Crippen LogP contribution < -0.4 is 20.3 Å². The highest BCUT2D eigenvalue weighted by atomic mass is 19.2. The van der Waals surface area contributed by atoms with Gasteiger partial charge in [-0.1, -0.05) is 12.1 Å². The minimum atomic E-state index is -0.940. The maximum absolute atomic E-state index is 15.3. The lowest BCUT2D eigenvalue weighted by atomic mass is 9.73. The Kier molecular flexibility index (Phi) is 8.45. The number of carbonyl (C=O) groups is 1. The number of rotatable bonds is 8. The Bertz CT molecular complexity index is 1590. The molecule has 3 aliphatic rings. The highest BCUT2D eigenvalue weighted by Crippen LogP contribution is 2.53. The maximum Gasteiger partial charge on any atom is 0.220 e. The standard InChI is InChI=1S/C35H39F4N3O3/c1-34(2)20-40-30-16-29(39)31(17-32(30)45-34)42-10-8-35(9-11-42)18-22(25-6-5-23(36)15-26(25)35)14-33(43)41-24(19-44-3)12-21-4-7-27(37)28(38)13-21/h4-7,13,15-17,22,24,40H,8-12,14,18-20H2,1-3H3,(H,41,43)/t22-,24-/m1/s1. The van der Waals surface area contributed by atoms with Crippen LogP contribution in [-0.2, 0) is 21.4 Å². The zero-order valence-corrected chi connectivity index (χ0v) is 25.8. The Morgan fingerprint density at radius 2 is 1.82 bits per heavy atom. The molecule has 240 valence electrons. The second kappa shape index (κ2) is 12.2. The summed E-state index contributed by atoms with van der Waals surface area (Å²) in [7, 11) is 1.52. The highest BCUT2D eigenvalue weighted by Gasteiger charge is 2.46. The van der Waals surface area contributed by atoms with Crippen LogP contribution in [-0.4, -0.2) is 50.9 Å². The lowest BCUT2D eigenvalue weighted by Crippen LogP contribution is -2.43. The van der Waals surface area contributed by atoms with E-state index in [0.717, 1.165) is 23.3 Å². The van der Waals surface area contributed by atoms with Crippen molar-refractivity contribution in [3.8, 4) is 5.75 Å². The molecule has 2 heterocycles. The van der Waals surface area contributed by atoms with Crippen molar-refractivity contribution in [2.45, 2.75) is 68.9 Å². The molecule has 1 spiro atoms. The molecule has 6 rings (SSSR count). The maximum atomic E-state index is 15.3. The molecule has 45 heavy (non-hydrogen) atoms. The van der Waals surface area contributed by atoms with E-state index in [-0.39, 0.29) is 48.3 Å². The first-order chi connectivity index (χ1) is 21.4. The first-order valence-electron chi connectivity index (χ1n) is 15.5. The fraction of sp³-hybridized carbons (Fsp3) is 0.457. The van der Waals surface area contributed by atoms with Gasteiger partial charge in [-0.2, -0.15) is 0 Å². The van der Waals surface area contributed by atoms with Crippen molar-refractivity contribution < 1.29 is 31.8 Å². The zero-order chi connectivity index (χ0) is 31.9. The first kappa shape index (κ1) is 31.2. The minimum Gasteiger partial charge on any atom is -0.484 e. The van der Waals surface area contributed by atoms with Crippen molar-refractivity contribution in [3.05, 3.63) is 88.5 Å². The van der Waals surface area contributed by atoms with Crippen molar-refractivity contribution >= 4 is 17.3 Å². The number of halogens is 4. The van der Waals surface area contributed by atoms with Gasteiger partial charge in [-0.05, 0) is 91.8 Å². The molecule has 0 unspecified atom stereocenters. The second-order valence-corrected chi connectivity index (χ2v) is 13.3. The van der Waals surface area contributed by atoms with Crippen LogP contribution in [0.3, 0.4) is 0 Å². The van der Waals surface area contributed by atoms with Crippen LogP contribution >= 0.6 is 0 Å². The summed E-state index contributed by atoms with van der Waals surface area (Å²) in [6, 6.07) is 11.3. The largest absolute Gasteiger partial charge is 0.484 e. The Labute approximate surface area is 261 Å². The van der Waals surface area contributed by atoms with Crippen LogP contribution in [0.25, 0.3) is 0 Å². The van der Waals surface area contributed by atoms with E-state index >= 15 is 4.39 Å². The summed E-state index contributed by atoms with van der Waals surface area (Å²) in [5.74, 6) is -2.20. The first-order valence-corrected chi connectivity index (χ1v) is 15.5. The number of benzene rings is 3. The van der Waals surface area contributed by atoms with Crippen molar-refractivity contribution in [2.24, 2.45) is 0 Å². The SMILES string of the molecule is COC[C@@H](Cc1ccc(F)c(F)c1)NC(=O)C[C@@H]1CC2(CCN(c3cc4c(cc3F)NCC(C)(C)O4)CC2)c2cc(F)ccc21. The van der Waals surface area contributed by atoms with Gasteiger partial charge in [0.05, 0.1) is 30.6 Å². The predicted molar refractivity (Wildman–Crippen MR) is 165 cm³/mol. The summed E-state index contributed by atoms with van der Waals surface area (Å²) in [5, 5.41) is 6.25. The summed E-state index contributed by atoms with van der Waals surface area (Å²) in [6.07, 6.45) is 2.53. The molecule has 0 aromatic heterocycles. The Hall–Kier alpha value is -3.79. The lowest BCUT2D eigenvalue weighted by molar-refractivity contribution is -0.122. The lowest BCUT2D eigenvalue weighted by Gasteiger charge is -2.42. The molecule has 0 bridgehead atoms. The number of amides is 1. The van der Waals surface area contributed by atoms with E-state index in [1.807, 2.05) is 18.7 Å². The van der Waals surface area contributed by atoms with Crippen LogP contribution in [0, 0.1) is 23.3 Å². The molecule has 10 heteroatoms. The van der Waals surface area contributed by atoms with Gasteiger partial charge in [0.2, 0.25) is 5.91 Å². The van der Waals surface area contributed by atoms with E-state index in [2.05, 4.69) is 10.6 Å². The topological polar surface area (TPSA) is 62.8 Å². The molecule has 3 aromatic carbocycles. The normalized spacial score (nSPS) is 20.2. The van der Waals surface area contributed by atoms with Crippen LogP contribution in [0.4, 0.5) is 28.9 Å². The van der Waals surface area contributed by atoms with Crippen LogP contribution in [0.5, 0.6) is 5.75 Å². The summed E-state index contributed by atoms with van der Waals surface area (Å²) < 4.78 is 68.5. The number of piperidine rings is 1. The van der Waals surface area contributed by atoms with Gasteiger partial charge in [0.25, 0.3) is 0 Å². The number of anilines is 2. The molecular formula is C35H39F4N3O3. The molecule has 1 saturated heterocycles. The smallest absolute Gasteiger partial charge is 0.220 e. The summed E-state index contributed by atoms with van der Waals surface area (Å²) in [5.41, 5.74) is 2.83. The molecular weight excluding hydrogens is 586 g/mol. The predicted octanol–water partition coefficient (Wildman–Crippen LogP) is 6.62. The number of methoxy groups -OCH3 is 1. The average molecular weight is 626 g/mol. The van der Waals surface area contributed by atoms with Crippen LogP contribution in [0.1, 0.15) is 62.1 Å². The number of nitrogens with zero attached hydrogens (tertiary/aromatic N) is 1. The van der Waals surface area contributed by atoms with Gasteiger partial charge in [-0.25, -0.2) is 17.6 Å². The van der Waals surface area contributed by atoms with Gasteiger partial charge >= 0.3 is 0 Å². The summed E-state index contributed by atoms with van der Waals surface area (Å²) in [4.78, 5) is 15.4. The van der Waals surface area contributed by atoms with Crippen molar-refractivity contribution in [1.82, 2.24) is 5.32 Å². The molecule has 2 N–H and O–H groups in total. The number of carbonyl (C=O) groups excluding carboxylic acids is 1. The third-order valence-corrected chi connectivity index (χ3v) is 9.50. The molecule has 3 aromatic rings. The Morgan fingerprint density at radius 1 is 1.04 bits per heavy atom. The molecule has 1 amide bonds. The molecule has 1 fully saturated rings. The van der Waals surface area contributed by atoms with Gasteiger partial charge < -0.3 is 25.0 Å². The van der Waals surface area contributed by atoms with Gasteiger partial charge in [0.1, 0.15) is 23.0 Å². The van der Waals surface area contributed by atoms with Crippen molar-refractivity contribution in [3.63, 3.8) is 0 Å². The molecule has 2 aliphatic heterocycles. The number of ether oxygens (including phenoxy) is 2. The zero-order valence-electron chi connectivity index (χ0n) is 25.8. The Balaban J connectivity index is 1.15. The minimum absolute atomic E-state index is 0.124. The molecule has 1 aliphatic carbocycles. The summed E-state index contributed by atoms with van der Waals surface area (Å²) >= 11 is 0. The van der Waals surface area contributed by atoms with E-state index in [0.29, 0.717) is 61.6 Å². The van der Waals surface area contributed by atoms with Gasteiger partial charge in [0.15, 0.2) is 11.6 Å².